The van der Waals surface area contributed by atoms with Crippen molar-refractivity contribution in [2.45, 2.75) is 39.2 Å². The van der Waals surface area contributed by atoms with Crippen LogP contribution < -0.4 is 14.5 Å². The number of aliphatic hydroxyl groups is 1. The Bertz CT molecular complexity index is 1360. The second-order valence-corrected chi connectivity index (χ2v) is 9.78. The molecule has 3 aromatic rings. The van der Waals surface area contributed by atoms with Crippen molar-refractivity contribution in [3.05, 3.63) is 94.6 Å². The largest absolute Gasteiger partial charge is 0.507 e. The van der Waals surface area contributed by atoms with E-state index in [1.54, 1.807) is 13.2 Å². The molecular formula is C31H32N2O4. The monoisotopic (exact) mass is 496 g/mol. The van der Waals surface area contributed by atoms with Crippen molar-refractivity contribution in [3.63, 3.8) is 0 Å². The molecule has 2 saturated heterocycles. The molecule has 37 heavy (non-hydrogen) atoms. The number of Topliss-reactive ketones (excluding diaryl/α,β-unsaturated/α-hetero) is 1. The van der Waals surface area contributed by atoms with Gasteiger partial charge in [0.2, 0.25) is 0 Å². The number of hydrogen-bond donors (Lipinski definition) is 1. The van der Waals surface area contributed by atoms with Crippen LogP contribution in [-0.2, 0) is 9.59 Å². The van der Waals surface area contributed by atoms with Gasteiger partial charge in [0.05, 0.1) is 18.7 Å². The van der Waals surface area contributed by atoms with Gasteiger partial charge in [-0.05, 0) is 86.2 Å². The van der Waals surface area contributed by atoms with Crippen LogP contribution in [0.25, 0.3) is 5.76 Å². The Morgan fingerprint density at radius 3 is 2.16 bits per heavy atom. The Balaban J connectivity index is 1.62. The number of ketones is 1. The molecule has 0 saturated carbocycles. The van der Waals surface area contributed by atoms with Gasteiger partial charge in [0.15, 0.2) is 0 Å². The number of hydrogen-bond acceptors (Lipinski definition) is 5. The van der Waals surface area contributed by atoms with E-state index in [9.17, 15) is 14.7 Å². The van der Waals surface area contributed by atoms with E-state index in [1.807, 2.05) is 74.5 Å². The second-order valence-electron chi connectivity index (χ2n) is 9.78. The van der Waals surface area contributed by atoms with Crippen LogP contribution in [0.5, 0.6) is 5.75 Å². The quantitative estimate of drug-likeness (QED) is 0.269. The highest BCUT2D eigenvalue weighted by Gasteiger charge is 2.47. The minimum Gasteiger partial charge on any atom is -0.507 e. The van der Waals surface area contributed by atoms with E-state index in [1.165, 1.54) is 24.2 Å². The van der Waals surface area contributed by atoms with Gasteiger partial charge in [-0.2, -0.15) is 0 Å². The first-order valence-corrected chi connectivity index (χ1v) is 12.8. The third kappa shape index (κ3) is 4.48. The number of methoxy groups -OCH3 is 1. The highest BCUT2D eigenvalue weighted by Crippen LogP contribution is 2.43. The third-order valence-corrected chi connectivity index (χ3v) is 7.41. The molecule has 1 atom stereocenters. The molecule has 5 rings (SSSR count). The highest BCUT2D eigenvalue weighted by atomic mass is 16.5. The summed E-state index contributed by atoms with van der Waals surface area (Å²) in [4.78, 5) is 30.8. The Labute approximate surface area is 217 Å². The van der Waals surface area contributed by atoms with E-state index in [0.29, 0.717) is 17.0 Å². The predicted molar refractivity (Wildman–Crippen MR) is 146 cm³/mol. The molecule has 3 aromatic carbocycles. The van der Waals surface area contributed by atoms with Crippen LogP contribution in [0, 0.1) is 13.8 Å². The number of aliphatic hydroxyl groups excluding tert-OH is 1. The molecule has 0 spiro atoms. The molecule has 2 heterocycles. The van der Waals surface area contributed by atoms with Gasteiger partial charge in [-0.15, -0.1) is 0 Å². The van der Waals surface area contributed by atoms with Crippen molar-refractivity contribution >= 4 is 28.8 Å². The SMILES string of the molecule is COc1cc(C)c(/C(O)=C2\C(=O)C(=O)N(c3ccc(N4CCCCC4)cc3)C2c2ccccc2)cc1C. The maximum Gasteiger partial charge on any atom is 0.300 e. The van der Waals surface area contributed by atoms with Crippen LogP contribution in [-0.4, -0.2) is 37.0 Å². The molecule has 1 unspecified atom stereocenters. The molecule has 2 aliphatic rings. The molecule has 0 aliphatic carbocycles. The Kier molecular flexibility index (Phi) is 6.74. The molecule has 0 radical (unpaired) electrons. The molecule has 1 N–H and O–H groups in total. The smallest absolute Gasteiger partial charge is 0.300 e. The number of piperidine rings is 1. The third-order valence-electron chi connectivity index (χ3n) is 7.41. The van der Waals surface area contributed by atoms with Crippen molar-refractivity contribution in [3.8, 4) is 5.75 Å². The number of ether oxygens (including phenoxy) is 1. The fourth-order valence-electron chi connectivity index (χ4n) is 5.44. The number of carbonyl (C=O) groups is 2. The van der Waals surface area contributed by atoms with Gasteiger partial charge >= 0.3 is 0 Å². The van der Waals surface area contributed by atoms with Crippen LogP contribution in [0.4, 0.5) is 11.4 Å². The minimum atomic E-state index is -0.746. The molecule has 0 aromatic heterocycles. The van der Waals surface area contributed by atoms with Crippen LogP contribution in [0.1, 0.15) is 47.6 Å². The maximum absolute atomic E-state index is 13.5. The van der Waals surface area contributed by atoms with E-state index in [4.69, 9.17) is 4.74 Å². The topological polar surface area (TPSA) is 70.1 Å². The van der Waals surface area contributed by atoms with Crippen molar-refractivity contribution in [2.24, 2.45) is 0 Å². The van der Waals surface area contributed by atoms with E-state index in [0.717, 1.165) is 35.5 Å². The van der Waals surface area contributed by atoms with Crippen LogP contribution in [0.15, 0.2) is 72.3 Å². The maximum atomic E-state index is 13.5. The molecule has 1 amide bonds. The first kappa shape index (κ1) is 24.6. The normalized spacial score (nSPS) is 19.4. The van der Waals surface area contributed by atoms with E-state index < -0.39 is 17.7 Å². The minimum absolute atomic E-state index is 0.0870. The van der Waals surface area contributed by atoms with Crippen LogP contribution in [0.3, 0.4) is 0 Å². The van der Waals surface area contributed by atoms with Crippen molar-refractivity contribution < 1.29 is 19.4 Å². The number of anilines is 2. The fraction of sp³-hybridized carbons (Fsp3) is 0.290. The van der Waals surface area contributed by atoms with E-state index in [2.05, 4.69) is 4.90 Å². The molecule has 0 bridgehead atoms. The highest BCUT2D eigenvalue weighted by molar-refractivity contribution is 6.51. The standard InChI is InChI=1S/C31H32N2O4/c1-20-19-26(37-3)21(2)18-25(20)29(34)27-28(22-10-6-4-7-11-22)33(31(36)30(27)35)24-14-12-23(13-15-24)32-16-8-5-9-17-32/h4,6-7,10-15,18-19,28,34H,5,8-9,16-17H2,1-3H3/b29-27+. The lowest BCUT2D eigenvalue weighted by atomic mass is 9.93. The van der Waals surface area contributed by atoms with Gasteiger partial charge in [0, 0.05) is 30.0 Å². The molecule has 190 valence electrons. The lowest BCUT2D eigenvalue weighted by Gasteiger charge is -2.30. The summed E-state index contributed by atoms with van der Waals surface area (Å²) >= 11 is 0. The van der Waals surface area contributed by atoms with Crippen LogP contribution in [0.2, 0.25) is 0 Å². The fourth-order valence-corrected chi connectivity index (χ4v) is 5.44. The van der Waals surface area contributed by atoms with Crippen LogP contribution >= 0.6 is 0 Å². The Morgan fingerprint density at radius 2 is 1.51 bits per heavy atom. The zero-order chi connectivity index (χ0) is 26.1. The number of amides is 1. The van der Waals surface area contributed by atoms with E-state index >= 15 is 0 Å². The molecular weight excluding hydrogens is 464 g/mol. The van der Waals surface area contributed by atoms with Crippen molar-refractivity contribution in [1.29, 1.82) is 0 Å². The summed E-state index contributed by atoms with van der Waals surface area (Å²) in [6.45, 7) is 5.78. The number of benzene rings is 3. The Morgan fingerprint density at radius 1 is 0.865 bits per heavy atom. The zero-order valence-corrected chi connectivity index (χ0v) is 21.5. The summed E-state index contributed by atoms with van der Waals surface area (Å²) in [7, 11) is 1.60. The van der Waals surface area contributed by atoms with Gasteiger partial charge in [-0.25, -0.2) is 0 Å². The first-order valence-electron chi connectivity index (χ1n) is 12.8. The van der Waals surface area contributed by atoms with E-state index in [-0.39, 0.29) is 11.3 Å². The predicted octanol–water partition coefficient (Wildman–Crippen LogP) is 5.93. The summed E-state index contributed by atoms with van der Waals surface area (Å²) < 4.78 is 5.41. The van der Waals surface area contributed by atoms with Crippen molar-refractivity contribution in [2.75, 3.05) is 30.0 Å². The molecule has 2 aliphatic heterocycles. The molecule has 6 heteroatoms. The lowest BCUT2D eigenvalue weighted by Crippen LogP contribution is -2.30. The average molecular weight is 497 g/mol. The summed E-state index contributed by atoms with van der Waals surface area (Å²) in [6, 6.07) is 20.1. The Hall–Kier alpha value is -4.06. The summed E-state index contributed by atoms with van der Waals surface area (Å²) in [5, 5.41) is 11.5. The second kappa shape index (κ2) is 10.1. The summed E-state index contributed by atoms with van der Waals surface area (Å²) in [5.41, 5.74) is 4.67. The lowest BCUT2D eigenvalue weighted by molar-refractivity contribution is -0.132. The van der Waals surface area contributed by atoms with Gasteiger partial charge in [0.25, 0.3) is 11.7 Å². The number of rotatable bonds is 5. The molecule has 6 nitrogen and oxygen atoms in total. The van der Waals surface area contributed by atoms with Crippen molar-refractivity contribution in [1.82, 2.24) is 0 Å². The number of aryl methyl sites for hydroxylation is 2. The van der Waals surface area contributed by atoms with Gasteiger partial charge in [-0.3, -0.25) is 14.5 Å². The molecule has 2 fully saturated rings. The first-order chi connectivity index (χ1) is 17.9. The zero-order valence-electron chi connectivity index (χ0n) is 21.5. The summed E-state index contributed by atoms with van der Waals surface area (Å²) in [5.74, 6) is -0.825. The summed E-state index contributed by atoms with van der Waals surface area (Å²) in [6.07, 6.45) is 3.60. The van der Waals surface area contributed by atoms with Gasteiger partial charge in [-0.1, -0.05) is 30.3 Å². The number of carbonyl (C=O) groups excluding carboxylic acids is 2. The van der Waals surface area contributed by atoms with Gasteiger partial charge < -0.3 is 14.7 Å². The van der Waals surface area contributed by atoms with Gasteiger partial charge in [0.1, 0.15) is 11.5 Å². The average Bonchev–Trinajstić information content (AvgIpc) is 3.20. The number of nitrogens with zero attached hydrogens (tertiary/aromatic N) is 2.